The van der Waals surface area contributed by atoms with Crippen molar-refractivity contribution in [2.75, 3.05) is 13.2 Å². The monoisotopic (exact) mass is 579 g/mol. The molecule has 3 heterocycles. The van der Waals surface area contributed by atoms with Gasteiger partial charge in [-0.2, -0.15) is 0 Å². The molecule has 222 valence electrons. The van der Waals surface area contributed by atoms with Crippen molar-refractivity contribution in [1.29, 1.82) is 0 Å². The van der Waals surface area contributed by atoms with Crippen LogP contribution in [0.3, 0.4) is 0 Å². The highest BCUT2D eigenvalue weighted by Gasteiger charge is 2.51. The number of aliphatic hydroxyl groups excluding tert-OH is 7. The summed E-state index contributed by atoms with van der Waals surface area (Å²) >= 11 is 0. The Morgan fingerprint density at radius 2 is 1.39 bits per heavy atom. The standard InChI is InChI=1S/C27H30O14/c28-9-18-20(32)21(33)23(35)27(39-18)41-25-19(10-29)40-26(24(36)22(25)34)38-17-7-12(2-5-14(17)31)15-6-3-11-1-4-13(30)8-16(11)37-15/h1-8,18-29,32-36H,9-10H2,(H-,30,31)/p+1/t18-,19-,20+,21+,22-,23-,24-,25-,26-,27+/m1/s1. The first kappa shape index (κ1) is 29.3. The molecule has 41 heavy (non-hydrogen) atoms. The SMILES string of the molecule is OC[C@H]1O[C@@H](O[C@H]2[C@H](O)[C@@H](O)[C@H](Oc3cc(-c4ccc5ccc(O)cc5[o+]4)ccc3O)O[C@@H]2CO)[C@H](O)[C@@H](O)[C@H]1O. The smallest absolute Gasteiger partial charge is 0.364 e. The first-order chi connectivity index (χ1) is 19.6. The maximum absolute atomic E-state index is 10.8. The highest BCUT2D eigenvalue weighted by Crippen LogP contribution is 2.36. The van der Waals surface area contributed by atoms with Crippen molar-refractivity contribution in [2.24, 2.45) is 0 Å². The van der Waals surface area contributed by atoms with Gasteiger partial charge in [-0.15, -0.1) is 0 Å². The Morgan fingerprint density at radius 3 is 2.12 bits per heavy atom. The second-order valence-corrected chi connectivity index (χ2v) is 9.83. The van der Waals surface area contributed by atoms with Crippen molar-refractivity contribution in [2.45, 2.75) is 61.4 Å². The number of phenols is 2. The average molecular weight is 580 g/mol. The third-order valence-corrected chi connectivity index (χ3v) is 7.08. The second kappa shape index (κ2) is 12.0. The largest absolute Gasteiger partial charge is 0.508 e. The van der Waals surface area contributed by atoms with Crippen molar-refractivity contribution >= 4 is 11.0 Å². The van der Waals surface area contributed by atoms with Crippen LogP contribution in [0.15, 0.2) is 52.9 Å². The fourth-order valence-corrected chi connectivity index (χ4v) is 4.76. The first-order valence-corrected chi connectivity index (χ1v) is 12.8. The Kier molecular flexibility index (Phi) is 8.58. The van der Waals surface area contributed by atoms with E-state index in [2.05, 4.69) is 0 Å². The molecule has 0 spiro atoms. The van der Waals surface area contributed by atoms with Gasteiger partial charge in [-0.25, -0.2) is 4.42 Å². The van der Waals surface area contributed by atoms with Crippen LogP contribution in [0.25, 0.3) is 22.3 Å². The fourth-order valence-electron chi connectivity index (χ4n) is 4.76. The molecular weight excluding hydrogens is 548 g/mol. The molecular formula is C27H31O14+. The molecule has 3 aromatic rings. The number of aliphatic hydroxyl groups is 7. The van der Waals surface area contributed by atoms with Crippen LogP contribution in [0, 0.1) is 0 Å². The minimum atomic E-state index is -1.80. The van der Waals surface area contributed by atoms with Gasteiger partial charge < -0.3 is 64.9 Å². The summed E-state index contributed by atoms with van der Waals surface area (Å²) in [7, 11) is 0. The van der Waals surface area contributed by atoms with E-state index in [1.807, 2.05) is 0 Å². The summed E-state index contributed by atoms with van der Waals surface area (Å²) in [6.07, 6.45) is -16.2. The lowest BCUT2D eigenvalue weighted by Crippen LogP contribution is -2.65. The van der Waals surface area contributed by atoms with Crippen LogP contribution < -0.4 is 4.74 Å². The van der Waals surface area contributed by atoms with E-state index in [0.717, 1.165) is 5.39 Å². The minimum Gasteiger partial charge on any atom is -0.508 e. The summed E-state index contributed by atoms with van der Waals surface area (Å²) in [5.74, 6) is -0.116. The van der Waals surface area contributed by atoms with Crippen LogP contribution in [0.2, 0.25) is 0 Å². The Balaban J connectivity index is 1.33. The zero-order chi connectivity index (χ0) is 29.4. The molecule has 2 saturated heterocycles. The van der Waals surface area contributed by atoms with Gasteiger partial charge in [0.15, 0.2) is 17.8 Å². The lowest BCUT2D eigenvalue weighted by atomic mass is 9.97. The van der Waals surface area contributed by atoms with Crippen LogP contribution in [0.1, 0.15) is 0 Å². The minimum absolute atomic E-state index is 0.0161. The molecule has 2 aromatic carbocycles. The van der Waals surface area contributed by atoms with Crippen molar-refractivity contribution in [3.8, 4) is 28.6 Å². The van der Waals surface area contributed by atoms with E-state index in [9.17, 15) is 46.0 Å². The summed E-state index contributed by atoms with van der Waals surface area (Å²) in [5.41, 5.74) is 0.861. The van der Waals surface area contributed by atoms with Crippen LogP contribution in [-0.4, -0.2) is 121 Å². The van der Waals surface area contributed by atoms with E-state index in [1.54, 1.807) is 24.3 Å². The summed E-state index contributed by atoms with van der Waals surface area (Å²) in [4.78, 5) is 0. The Hall–Kier alpha value is -3.15. The quantitative estimate of drug-likeness (QED) is 0.150. The van der Waals surface area contributed by atoms with Gasteiger partial charge in [0.1, 0.15) is 54.6 Å². The first-order valence-electron chi connectivity index (χ1n) is 12.8. The Labute approximate surface area is 232 Å². The molecule has 14 heteroatoms. The predicted octanol–water partition coefficient (Wildman–Crippen LogP) is -1.21. The van der Waals surface area contributed by atoms with Gasteiger partial charge in [0.25, 0.3) is 0 Å². The number of ether oxygens (including phenoxy) is 4. The molecule has 2 fully saturated rings. The Bertz CT molecular complexity index is 1350. The topological polar surface area (TPSA) is 230 Å². The van der Waals surface area contributed by atoms with Gasteiger partial charge in [-0.1, -0.05) is 0 Å². The van der Waals surface area contributed by atoms with E-state index in [-0.39, 0.29) is 17.2 Å². The number of hydrogen-bond donors (Lipinski definition) is 9. The van der Waals surface area contributed by atoms with Crippen LogP contribution in [-0.2, 0) is 14.2 Å². The molecule has 2 aliphatic heterocycles. The van der Waals surface area contributed by atoms with E-state index in [4.69, 9.17) is 23.4 Å². The fraction of sp³-hybridized carbons (Fsp3) is 0.444. The van der Waals surface area contributed by atoms with Gasteiger partial charge in [-0.3, -0.25) is 0 Å². The van der Waals surface area contributed by atoms with E-state index < -0.39 is 74.6 Å². The molecule has 14 nitrogen and oxygen atoms in total. The highest BCUT2D eigenvalue weighted by atomic mass is 16.7. The molecule has 0 amide bonds. The van der Waals surface area contributed by atoms with E-state index >= 15 is 0 Å². The lowest BCUT2D eigenvalue weighted by Gasteiger charge is -2.45. The van der Waals surface area contributed by atoms with Gasteiger partial charge in [-0.05, 0) is 30.3 Å². The summed E-state index contributed by atoms with van der Waals surface area (Å²) in [6, 6.07) is 12.4. The molecule has 2 aliphatic rings. The average Bonchev–Trinajstić information content (AvgIpc) is 2.97. The molecule has 0 bridgehead atoms. The zero-order valence-electron chi connectivity index (χ0n) is 21.4. The molecule has 0 aliphatic carbocycles. The van der Waals surface area contributed by atoms with Gasteiger partial charge in [0.05, 0.1) is 30.2 Å². The number of aromatic hydroxyl groups is 2. The van der Waals surface area contributed by atoms with Crippen molar-refractivity contribution in [1.82, 2.24) is 0 Å². The van der Waals surface area contributed by atoms with Crippen LogP contribution in [0.5, 0.6) is 17.2 Å². The lowest BCUT2D eigenvalue weighted by molar-refractivity contribution is -0.352. The number of hydrogen-bond acceptors (Lipinski definition) is 13. The molecule has 0 unspecified atom stereocenters. The van der Waals surface area contributed by atoms with E-state index in [0.29, 0.717) is 16.9 Å². The number of fused-ring (bicyclic) bond motifs is 1. The molecule has 0 radical (unpaired) electrons. The van der Waals surface area contributed by atoms with Crippen LogP contribution in [0.4, 0.5) is 0 Å². The number of phenolic OH excluding ortho intramolecular Hbond substituents is 2. The summed E-state index contributed by atoms with van der Waals surface area (Å²) < 4.78 is 28.0. The molecule has 5 rings (SSSR count). The third kappa shape index (κ3) is 5.80. The molecule has 1 aromatic heterocycles. The van der Waals surface area contributed by atoms with Crippen molar-refractivity contribution in [3.05, 3.63) is 48.5 Å². The molecule has 9 N–H and O–H groups in total. The second-order valence-electron chi connectivity index (χ2n) is 9.83. The van der Waals surface area contributed by atoms with Crippen molar-refractivity contribution in [3.63, 3.8) is 0 Å². The maximum Gasteiger partial charge on any atom is 0.364 e. The third-order valence-electron chi connectivity index (χ3n) is 7.08. The van der Waals surface area contributed by atoms with Crippen molar-refractivity contribution < 1.29 is 69.3 Å². The van der Waals surface area contributed by atoms with Gasteiger partial charge in [0.2, 0.25) is 6.29 Å². The van der Waals surface area contributed by atoms with E-state index in [1.165, 1.54) is 24.3 Å². The number of rotatable bonds is 7. The molecule has 10 atom stereocenters. The number of benzene rings is 2. The normalized spacial score (nSPS) is 34.0. The summed E-state index contributed by atoms with van der Waals surface area (Å²) in [5, 5.41) is 92.1. The van der Waals surface area contributed by atoms with Gasteiger partial charge >= 0.3 is 11.3 Å². The highest BCUT2D eigenvalue weighted by molar-refractivity contribution is 5.80. The maximum atomic E-state index is 10.8. The Morgan fingerprint density at radius 1 is 0.707 bits per heavy atom. The molecule has 0 saturated carbocycles. The van der Waals surface area contributed by atoms with Crippen LogP contribution >= 0.6 is 0 Å². The zero-order valence-corrected chi connectivity index (χ0v) is 21.4. The summed E-state index contributed by atoms with van der Waals surface area (Å²) in [6.45, 7) is -1.46. The predicted molar refractivity (Wildman–Crippen MR) is 136 cm³/mol. The van der Waals surface area contributed by atoms with Gasteiger partial charge in [0, 0.05) is 12.1 Å².